The van der Waals surface area contributed by atoms with Crippen molar-refractivity contribution in [3.8, 4) is 0 Å². The third kappa shape index (κ3) is 3.61. The number of nitrogens with zero attached hydrogens (tertiary/aromatic N) is 3. The Balaban J connectivity index is 1.73. The Labute approximate surface area is 143 Å². The summed E-state index contributed by atoms with van der Waals surface area (Å²) in [6.07, 6.45) is 2.36. The summed E-state index contributed by atoms with van der Waals surface area (Å²) in [5.41, 5.74) is 6.82. The van der Waals surface area contributed by atoms with Gasteiger partial charge in [0.15, 0.2) is 5.82 Å². The van der Waals surface area contributed by atoms with Crippen molar-refractivity contribution in [2.75, 3.05) is 6.54 Å². The lowest BCUT2D eigenvalue weighted by Crippen LogP contribution is -2.41. The van der Waals surface area contributed by atoms with Crippen LogP contribution < -0.4 is 5.73 Å². The van der Waals surface area contributed by atoms with Gasteiger partial charge in [-0.15, -0.1) is 0 Å². The molecule has 1 unspecified atom stereocenters. The first kappa shape index (κ1) is 16.1. The van der Waals surface area contributed by atoms with Gasteiger partial charge in [0, 0.05) is 17.4 Å². The van der Waals surface area contributed by atoms with Crippen molar-refractivity contribution in [3.05, 3.63) is 46.0 Å². The average molecular weight is 379 g/mol. The zero-order chi connectivity index (χ0) is 16.4. The molecule has 0 spiro atoms. The molecule has 2 atom stereocenters. The molecular formula is C16H19BrN4O2. The van der Waals surface area contributed by atoms with Crippen LogP contribution in [-0.2, 0) is 11.2 Å². The summed E-state index contributed by atoms with van der Waals surface area (Å²) >= 11 is 3.41. The van der Waals surface area contributed by atoms with Gasteiger partial charge in [-0.25, -0.2) is 0 Å². The van der Waals surface area contributed by atoms with Crippen LogP contribution in [-0.4, -0.2) is 33.5 Å². The second-order valence-corrected chi connectivity index (χ2v) is 6.75. The highest BCUT2D eigenvalue weighted by Crippen LogP contribution is 2.31. The molecule has 1 fully saturated rings. The predicted octanol–water partition coefficient (Wildman–Crippen LogP) is 2.43. The molecule has 6 nitrogen and oxygen atoms in total. The highest BCUT2D eigenvalue weighted by molar-refractivity contribution is 9.10. The highest BCUT2D eigenvalue weighted by Gasteiger charge is 2.35. The van der Waals surface area contributed by atoms with Crippen LogP contribution in [0.5, 0.6) is 0 Å². The van der Waals surface area contributed by atoms with E-state index < -0.39 is 6.04 Å². The Morgan fingerprint density at radius 3 is 2.91 bits per heavy atom. The molecule has 122 valence electrons. The molecule has 0 saturated carbocycles. The fourth-order valence-corrected chi connectivity index (χ4v) is 3.07. The molecule has 1 saturated heterocycles. The SMILES string of the molecule is C[C@@H](N)C(=O)N1CCCC1c1nc(Cc2ccc(Br)cc2)no1. The van der Waals surface area contributed by atoms with Gasteiger partial charge in [-0.2, -0.15) is 4.98 Å². The van der Waals surface area contributed by atoms with Gasteiger partial charge in [0.1, 0.15) is 6.04 Å². The number of carbonyl (C=O) groups is 1. The second-order valence-electron chi connectivity index (χ2n) is 5.83. The minimum absolute atomic E-state index is 0.0693. The summed E-state index contributed by atoms with van der Waals surface area (Å²) in [4.78, 5) is 18.4. The Bertz CT molecular complexity index is 684. The number of nitrogens with two attached hydrogens (primary N) is 1. The van der Waals surface area contributed by atoms with Gasteiger partial charge >= 0.3 is 0 Å². The molecule has 23 heavy (non-hydrogen) atoms. The fraction of sp³-hybridized carbons (Fsp3) is 0.438. The molecule has 1 aliphatic heterocycles. The maximum Gasteiger partial charge on any atom is 0.249 e. The molecule has 1 aromatic carbocycles. The molecule has 3 rings (SSSR count). The van der Waals surface area contributed by atoms with Gasteiger partial charge in [0.2, 0.25) is 11.8 Å². The van der Waals surface area contributed by atoms with Crippen molar-refractivity contribution in [1.82, 2.24) is 15.0 Å². The van der Waals surface area contributed by atoms with Crippen LogP contribution in [0.2, 0.25) is 0 Å². The van der Waals surface area contributed by atoms with Gasteiger partial charge in [-0.05, 0) is 37.5 Å². The topological polar surface area (TPSA) is 85.3 Å². The van der Waals surface area contributed by atoms with Crippen LogP contribution in [0.3, 0.4) is 0 Å². The van der Waals surface area contributed by atoms with Crippen molar-refractivity contribution in [2.45, 2.75) is 38.3 Å². The Morgan fingerprint density at radius 2 is 2.22 bits per heavy atom. The molecule has 7 heteroatoms. The molecule has 1 aromatic heterocycles. The Morgan fingerprint density at radius 1 is 1.48 bits per heavy atom. The van der Waals surface area contributed by atoms with Crippen molar-refractivity contribution >= 4 is 21.8 Å². The lowest BCUT2D eigenvalue weighted by atomic mass is 10.1. The van der Waals surface area contributed by atoms with Crippen LogP contribution in [0.4, 0.5) is 0 Å². The number of hydrogen-bond donors (Lipinski definition) is 1. The Kier molecular flexibility index (Phi) is 4.77. The molecule has 0 bridgehead atoms. The summed E-state index contributed by atoms with van der Waals surface area (Å²) < 4.78 is 6.43. The van der Waals surface area contributed by atoms with E-state index in [1.165, 1.54) is 0 Å². The monoisotopic (exact) mass is 378 g/mol. The van der Waals surface area contributed by atoms with Crippen molar-refractivity contribution in [3.63, 3.8) is 0 Å². The maximum absolute atomic E-state index is 12.2. The van der Waals surface area contributed by atoms with Gasteiger partial charge in [-0.3, -0.25) is 4.79 Å². The van der Waals surface area contributed by atoms with E-state index >= 15 is 0 Å². The second kappa shape index (κ2) is 6.80. The molecule has 0 aliphatic carbocycles. The van der Waals surface area contributed by atoms with E-state index in [9.17, 15) is 4.79 Å². The van der Waals surface area contributed by atoms with E-state index in [1.807, 2.05) is 24.3 Å². The summed E-state index contributed by atoms with van der Waals surface area (Å²) in [7, 11) is 0. The Hall–Kier alpha value is -1.73. The van der Waals surface area contributed by atoms with Crippen LogP contribution in [0.15, 0.2) is 33.3 Å². The van der Waals surface area contributed by atoms with Gasteiger partial charge in [0.25, 0.3) is 0 Å². The molecule has 2 heterocycles. The number of likely N-dealkylation sites (tertiary alicyclic amines) is 1. The maximum atomic E-state index is 12.2. The van der Waals surface area contributed by atoms with Crippen molar-refractivity contribution in [2.24, 2.45) is 5.73 Å². The molecule has 2 N–H and O–H groups in total. The van der Waals surface area contributed by atoms with Crippen LogP contribution in [0, 0.1) is 0 Å². The number of benzene rings is 1. The first-order valence-electron chi connectivity index (χ1n) is 7.67. The molecule has 0 radical (unpaired) electrons. The molecule has 2 aromatic rings. The molecular weight excluding hydrogens is 360 g/mol. The number of amides is 1. The number of carbonyl (C=O) groups excluding carboxylic acids is 1. The van der Waals surface area contributed by atoms with E-state index in [2.05, 4.69) is 26.1 Å². The van der Waals surface area contributed by atoms with E-state index in [-0.39, 0.29) is 11.9 Å². The lowest BCUT2D eigenvalue weighted by molar-refractivity contribution is -0.133. The van der Waals surface area contributed by atoms with Gasteiger partial charge in [0.05, 0.1) is 6.04 Å². The molecule has 1 amide bonds. The minimum Gasteiger partial charge on any atom is -0.337 e. The van der Waals surface area contributed by atoms with E-state index in [0.29, 0.717) is 24.7 Å². The van der Waals surface area contributed by atoms with Crippen LogP contribution in [0.25, 0.3) is 0 Å². The highest BCUT2D eigenvalue weighted by atomic mass is 79.9. The van der Waals surface area contributed by atoms with E-state index in [1.54, 1.807) is 11.8 Å². The molecule has 1 aliphatic rings. The normalized spacial score (nSPS) is 19.1. The number of rotatable bonds is 4. The largest absolute Gasteiger partial charge is 0.337 e. The fourth-order valence-electron chi connectivity index (χ4n) is 2.81. The van der Waals surface area contributed by atoms with Crippen LogP contribution >= 0.6 is 15.9 Å². The van der Waals surface area contributed by atoms with E-state index in [4.69, 9.17) is 10.3 Å². The summed E-state index contributed by atoms with van der Waals surface area (Å²) in [5.74, 6) is 1.06. The smallest absolute Gasteiger partial charge is 0.249 e. The van der Waals surface area contributed by atoms with Crippen LogP contribution in [0.1, 0.15) is 43.1 Å². The summed E-state index contributed by atoms with van der Waals surface area (Å²) in [5, 5.41) is 4.05. The number of halogens is 1. The first-order valence-corrected chi connectivity index (χ1v) is 8.47. The summed E-state index contributed by atoms with van der Waals surface area (Å²) in [6.45, 7) is 2.39. The first-order chi connectivity index (χ1) is 11.0. The van der Waals surface area contributed by atoms with Crippen molar-refractivity contribution < 1.29 is 9.32 Å². The van der Waals surface area contributed by atoms with Gasteiger partial charge < -0.3 is 15.2 Å². The minimum atomic E-state index is -0.513. The third-order valence-electron chi connectivity index (χ3n) is 3.97. The number of aromatic nitrogens is 2. The number of hydrogen-bond acceptors (Lipinski definition) is 5. The van der Waals surface area contributed by atoms with Gasteiger partial charge in [-0.1, -0.05) is 33.2 Å². The average Bonchev–Trinajstić information content (AvgIpc) is 3.17. The van der Waals surface area contributed by atoms with Crippen molar-refractivity contribution in [1.29, 1.82) is 0 Å². The quantitative estimate of drug-likeness (QED) is 0.882. The zero-order valence-electron chi connectivity index (χ0n) is 12.9. The summed E-state index contributed by atoms with van der Waals surface area (Å²) in [6, 6.07) is 7.33. The third-order valence-corrected chi connectivity index (χ3v) is 4.50. The van der Waals surface area contributed by atoms with E-state index in [0.717, 1.165) is 22.9 Å². The standard InChI is InChI=1S/C16H19BrN4O2/c1-10(18)16(22)21-8-2-3-13(21)15-19-14(20-23-15)9-11-4-6-12(17)7-5-11/h4-7,10,13H,2-3,8-9,18H2,1H3/t10-,13?/m1/s1. The predicted molar refractivity (Wildman–Crippen MR) is 88.6 cm³/mol. The lowest BCUT2D eigenvalue weighted by Gasteiger charge is -2.23. The zero-order valence-corrected chi connectivity index (χ0v) is 14.5.